The van der Waals surface area contributed by atoms with E-state index in [0.717, 1.165) is 28.7 Å². The van der Waals surface area contributed by atoms with Crippen molar-refractivity contribution < 1.29 is 4.42 Å². The fourth-order valence-electron chi connectivity index (χ4n) is 1.63. The van der Waals surface area contributed by atoms with Crippen molar-refractivity contribution in [2.75, 3.05) is 17.7 Å². The Kier molecular flexibility index (Phi) is 3.27. The second kappa shape index (κ2) is 4.86. The number of rotatable bonds is 4. The predicted molar refractivity (Wildman–Crippen MR) is 67.1 cm³/mol. The smallest absolute Gasteiger partial charge is 0.134 e. The van der Waals surface area contributed by atoms with E-state index in [1.54, 1.807) is 0 Å². The van der Waals surface area contributed by atoms with E-state index in [-0.39, 0.29) is 0 Å². The van der Waals surface area contributed by atoms with Crippen LogP contribution in [0, 0.1) is 13.8 Å². The van der Waals surface area contributed by atoms with Crippen molar-refractivity contribution in [2.45, 2.75) is 20.4 Å². The van der Waals surface area contributed by atoms with Crippen LogP contribution in [0.5, 0.6) is 0 Å². The second-order valence-corrected chi connectivity index (χ2v) is 3.81. The molecule has 0 aromatic carbocycles. The monoisotopic (exact) mass is 232 g/mol. The lowest BCUT2D eigenvalue weighted by Crippen LogP contribution is -2.05. The van der Waals surface area contributed by atoms with Crippen LogP contribution in [-0.2, 0) is 6.54 Å². The summed E-state index contributed by atoms with van der Waals surface area (Å²) >= 11 is 0. The molecule has 0 saturated heterocycles. The van der Waals surface area contributed by atoms with Crippen molar-refractivity contribution in [3.8, 4) is 0 Å². The predicted octanol–water partition coefficient (Wildman–Crippen LogP) is 2.34. The third-order valence-corrected chi connectivity index (χ3v) is 2.55. The number of anilines is 2. The summed E-state index contributed by atoms with van der Waals surface area (Å²) in [5.41, 5.74) is 0.998. The van der Waals surface area contributed by atoms with Gasteiger partial charge in [-0.1, -0.05) is 0 Å². The van der Waals surface area contributed by atoms with Crippen LogP contribution in [0.3, 0.4) is 0 Å². The maximum absolute atomic E-state index is 5.48. The molecule has 0 spiro atoms. The zero-order valence-corrected chi connectivity index (χ0v) is 10.2. The molecule has 2 N–H and O–H groups in total. The van der Waals surface area contributed by atoms with Crippen LogP contribution in [-0.4, -0.2) is 17.0 Å². The van der Waals surface area contributed by atoms with Gasteiger partial charge in [0, 0.05) is 12.6 Å². The highest BCUT2D eigenvalue weighted by molar-refractivity contribution is 5.56. The van der Waals surface area contributed by atoms with Crippen LogP contribution in [0.15, 0.2) is 22.9 Å². The minimum absolute atomic E-state index is 0.620. The molecular formula is C12H16N4O. The lowest BCUT2D eigenvalue weighted by molar-refractivity contribution is 0.490. The molecule has 5 heteroatoms. The molecule has 0 aliphatic heterocycles. The molecule has 0 radical (unpaired) electrons. The third kappa shape index (κ3) is 2.55. The maximum atomic E-state index is 5.48. The molecule has 0 atom stereocenters. The van der Waals surface area contributed by atoms with Crippen molar-refractivity contribution in [1.82, 2.24) is 9.97 Å². The minimum Gasteiger partial charge on any atom is -0.465 e. The van der Waals surface area contributed by atoms with Crippen molar-refractivity contribution in [2.24, 2.45) is 0 Å². The minimum atomic E-state index is 0.620. The second-order valence-electron chi connectivity index (χ2n) is 3.81. The molecule has 0 amide bonds. The highest BCUT2D eigenvalue weighted by atomic mass is 16.3. The first-order valence-electron chi connectivity index (χ1n) is 5.49. The van der Waals surface area contributed by atoms with E-state index in [4.69, 9.17) is 4.42 Å². The van der Waals surface area contributed by atoms with E-state index in [0.29, 0.717) is 6.54 Å². The summed E-state index contributed by atoms with van der Waals surface area (Å²) in [6.45, 7) is 4.52. The zero-order chi connectivity index (χ0) is 12.3. The first-order valence-corrected chi connectivity index (χ1v) is 5.49. The molecule has 2 rings (SSSR count). The molecule has 5 nitrogen and oxygen atoms in total. The topological polar surface area (TPSA) is 63.0 Å². The molecule has 2 heterocycles. The lowest BCUT2D eigenvalue weighted by atomic mass is 10.3. The fraction of sp³-hybridized carbons (Fsp3) is 0.333. The average Bonchev–Trinajstić information content (AvgIpc) is 2.74. The van der Waals surface area contributed by atoms with E-state index in [2.05, 4.69) is 20.6 Å². The van der Waals surface area contributed by atoms with Gasteiger partial charge in [0.25, 0.3) is 0 Å². The van der Waals surface area contributed by atoms with Crippen molar-refractivity contribution in [3.05, 3.63) is 35.5 Å². The average molecular weight is 232 g/mol. The molecule has 90 valence electrons. The van der Waals surface area contributed by atoms with Gasteiger partial charge < -0.3 is 15.1 Å². The summed E-state index contributed by atoms with van der Waals surface area (Å²) in [5, 5.41) is 6.26. The summed E-state index contributed by atoms with van der Waals surface area (Å²) in [5.74, 6) is 3.46. The molecule has 0 aliphatic rings. The Morgan fingerprint density at radius 3 is 2.59 bits per heavy atom. The summed E-state index contributed by atoms with van der Waals surface area (Å²) in [4.78, 5) is 8.34. The SMILES string of the molecule is CNc1ncnc(NCc2ccc(C)o2)c1C. The van der Waals surface area contributed by atoms with E-state index in [1.807, 2.05) is 33.0 Å². The molecule has 0 fully saturated rings. The maximum Gasteiger partial charge on any atom is 0.134 e. The van der Waals surface area contributed by atoms with Gasteiger partial charge >= 0.3 is 0 Å². The van der Waals surface area contributed by atoms with Gasteiger partial charge in [-0.3, -0.25) is 0 Å². The molecule has 0 saturated carbocycles. The molecule has 17 heavy (non-hydrogen) atoms. The molecule has 0 aliphatic carbocycles. The summed E-state index contributed by atoms with van der Waals surface area (Å²) in [6.07, 6.45) is 1.54. The van der Waals surface area contributed by atoms with Gasteiger partial charge in [0.15, 0.2) is 0 Å². The standard InChI is InChI=1S/C12H16N4O/c1-8-4-5-10(17-8)6-14-12-9(2)11(13-3)15-7-16-12/h4-5,7H,6H2,1-3H3,(H2,13,14,15,16). The van der Waals surface area contributed by atoms with E-state index in [1.165, 1.54) is 6.33 Å². The van der Waals surface area contributed by atoms with Gasteiger partial charge in [-0.15, -0.1) is 0 Å². The van der Waals surface area contributed by atoms with Crippen molar-refractivity contribution >= 4 is 11.6 Å². The van der Waals surface area contributed by atoms with Crippen molar-refractivity contribution in [1.29, 1.82) is 0 Å². The summed E-state index contributed by atoms with van der Waals surface area (Å²) in [7, 11) is 1.84. The number of hydrogen-bond acceptors (Lipinski definition) is 5. The van der Waals surface area contributed by atoms with Crippen LogP contribution < -0.4 is 10.6 Å². The molecular weight excluding hydrogens is 216 g/mol. The Labute approximate surface area is 100 Å². The Bertz CT molecular complexity index is 507. The number of aryl methyl sites for hydroxylation is 1. The summed E-state index contributed by atoms with van der Waals surface area (Å²) in [6, 6.07) is 3.90. The van der Waals surface area contributed by atoms with E-state index in [9.17, 15) is 0 Å². The number of hydrogen-bond donors (Lipinski definition) is 2. The van der Waals surface area contributed by atoms with Crippen LogP contribution >= 0.6 is 0 Å². The van der Waals surface area contributed by atoms with Crippen LogP contribution in [0.4, 0.5) is 11.6 Å². The van der Waals surface area contributed by atoms with Gasteiger partial charge in [0.1, 0.15) is 29.5 Å². The van der Waals surface area contributed by atoms with Gasteiger partial charge in [-0.25, -0.2) is 9.97 Å². The normalized spacial score (nSPS) is 10.3. The number of furan rings is 1. The lowest BCUT2D eigenvalue weighted by Gasteiger charge is -2.09. The van der Waals surface area contributed by atoms with Gasteiger partial charge in [0.05, 0.1) is 6.54 Å². The van der Waals surface area contributed by atoms with E-state index < -0.39 is 0 Å². The Hall–Kier alpha value is -2.04. The molecule has 2 aromatic heterocycles. The van der Waals surface area contributed by atoms with Gasteiger partial charge in [-0.05, 0) is 26.0 Å². The van der Waals surface area contributed by atoms with Crippen LogP contribution in [0.2, 0.25) is 0 Å². The number of nitrogens with zero attached hydrogens (tertiary/aromatic N) is 2. The summed E-state index contributed by atoms with van der Waals surface area (Å²) < 4.78 is 5.48. The van der Waals surface area contributed by atoms with Gasteiger partial charge in [0.2, 0.25) is 0 Å². The highest BCUT2D eigenvalue weighted by Gasteiger charge is 2.06. The highest BCUT2D eigenvalue weighted by Crippen LogP contribution is 2.18. The molecule has 0 unspecified atom stereocenters. The third-order valence-electron chi connectivity index (χ3n) is 2.55. The Balaban J connectivity index is 2.09. The first kappa shape index (κ1) is 11.4. The number of aromatic nitrogens is 2. The molecule has 2 aromatic rings. The quantitative estimate of drug-likeness (QED) is 0.847. The molecule has 0 bridgehead atoms. The number of nitrogens with one attached hydrogen (secondary N) is 2. The van der Waals surface area contributed by atoms with Crippen molar-refractivity contribution in [3.63, 3.8) is 0 Å². The zero-order valence-electron chi connectivity index (χ0n) is 10.2. The van der Waals surface area contributed by atoms with Crippen LogP contribution in [0.25, 0.3) is 0 Å². The first-order chi connectivity index (χ1) is 8.20. The van der Waals surface area contributed by atoms with Gasteiger partial charge in [-0.2, -0.15) is 0 Å². The van der Waals surface area contributed by atoms with E-state index >= 15 is 0 Å². The largest absolute Gasteiger partial charge is 0.465 e. The Morgan fingerprint density at radius 2 is 1.94 bits per heavy atom. The fourth-order valence-corrected chi connectivity index (χ4v) is 1.63. The van der Waals surface area contributed by atoms with Crippen LogP contribution in [0.1, 0.15) is 17.1 Å². The Morgan fingerprint density at radius 1 is 1.18 bits per heavy atom.